The second-order valence-electron chi connectivity index (χ2n) is 6.74. The zero-order chi connectivity index (χ0) is 17.9. The van der Waals surface area contributed by atoms with E-state index in [9.17, 15) is 14.0 Å². The normalized spacial score (nSPS) is 22.0. The molecule has 25 heavy (non-hydrogen) atoms. The van der Waals surface area contributed by atoms with Crippen molar-refractivity contribution in [2.45, 2.75) is 19.8 Å². The van der Waals surface area contributed by atoms with Gasteiger partial charge in [0.2, 0.25) is 5.91 Å². The molecule has 136 valence electrons. The summed E-state index contributed by atoms with van der Waals surface area (Å²) in [4.78, 5) is 26.9. The second-order valence-corrected chi connectivity index (χ2v) is 6.74. The zero-order valence-electron chi connectivity index (χ0n) is 14.4. The molecule has 3 amide bonds. The lowest BCUT2D eigenvalue weighted by Gasteiger charge is -2.37. The molecule has 1 aromatic carbocycles. The lowest BCUT2D eigenvalue weighted by atomic mass is 9.71. The number of benzene rings is 1. The summed E-state index contributed by atoms with van der Waals surface area (Å²) in [6, 6.07) is 5.58. The number of carbonyl (C=O) groups excluding carboxylic acids is 2. The maximum atomic E-state index is 13.0. The smallest absolute Gasteiger partial charge is 0.317 e. The molecule has 1 unspecified atom stereocenters. The van der Waals surface area contributed by atoms with Crippen LogP contribution < -0.4 is 10.6 Å². The van der Waals surface area contributed by atoms with Gasteiger partial charge in [0, 0.05) is 44.0 Å². The Morgan fingerprint density at radius 1 is 1.28 bits per heavy atom. The number of halogens is 1. The molecule has 2 aliphatic heterocycles. The van der Waals surface area contributed by atoms with E-state index >= 15 is 0 Å². The van der Waals surface area contributed by atoms with Gasteiger partial charge >= 0.3 is 6.03 Å². The van der Waals surface area contributed by atoms with E-state index in [-0.39, 0.29) is 29.1 Å². The third kappa shape index (κ3) is 3.76. The lowest BCUT2D eigenvalue weighted by Crippen LogP contribution is -2.42. The highest BCUT2D eigenvalue weighted by molar-refractivity contribution is 5.94. The molecule has 2 N–H and O–H groups in total. The van der Waals surface area contributed by atoms with Gasteiger partial charge in [-0.1, -0.05) is 0 Å². The largest absolute Gasteiger partial charge is 0.381 e. The van der Waals surface area contributed by atoms with Crippen LogP contribution in [0.1, 0.15) is 19.8 Å². The molecule has 1 aromatic rings. The maximum Gasteiger partial charge on any atom is 0.317 e. The minimum Gasteiger partial charge on any atom is -0.381 e. The first-order chi connectivity index (χ1) is 12.0. The summed E-state index contributed by atoms with van der Waals surface area (Å²) in [6.45, 7) is 4.57. The van der Waals surface area contributed by atoms with E-state index in [0.717, 1.165) is 12.8 Å². The number of likely N-dealkylation sites (tertiary alicyclic amines) is 1. The highest BCUT2D eigenvalue weighted by atomic mass is 19.1. The summed E-state index contributed by atoms with van der Waals surface area (Å²) < 4.78 is 18.5. The van der Waals surface area contributed by atoms with Gasteiger partial charge in [-0.25, -0.2) is 9.18 Å². The van der Waals surface area contributed by atoms with Crippen LogP contribution in [-0.2, 0) is 9.53 Å². The number of nitrogens with one attached hydrogen (secondary N) is 2. The van der Waals surface area contributed by atoms with Gasteiger partial charge in [-0.2, -0.15) is 0 Å². The van der Waals surface area contributed by atoms with Crippen LogP contribution in [-0.4, -0.2) is 49.7 Å². The van der Waals surface area contributed by atoms with Gasteiger partial charge in [-0.3, -0.25) is 4.79 Å². The van der Waals surface area contributed by atoms with E-state index in [1.165, 1.54) is 12.1 Å². The van der Waals surface area contributed by atoms with Gasteiger partial charge in [0.05, 0.1) is 5.92 Å². The zero-order valence-corrected chi connectivity index (χ0v) is 14.4. The molecular weight excluding hydrogens is 325 g/mol. The first-order valence-electron chi connectivity index (χ1n) is 8.71. The number of hydrogen-bond acceptors (Lipinski definition) is 3. The van der Waals surface area contributed by atoms with Gasteiger partial charge in [0.1, 0.15) is 5.82 Å². The summed E-state index contributed by atoms with van der Waals surface area (Å²) in [6.07, 6.45) is 1.51. The fourth-order valence-electron chi connectivity index (χ4n) is 3.79. The summed E-state index contributed by atoms with van der Waals surface area (Å²) in [5.74, 6) is -0.772. The standard InChI is InChI=1S/C18H24FN3O3/c1-2-20-17(24)22-11-15(18(12-22)7-9-25-10-8-18)16(23)21-14-5-3-13(19)4-6-14/h3-6,15H,2,7-12H2,1H3,(H,20,24)(H,21,23). The molecule has 2 saturated heterocycles. The number of urea groups is 1. The van der Waals surface area contributed by atoms with Gasteiger partial charge in [0.25, 0.3) is 0 Å². The van der Waals surface area contributed by atoms with E-state index in [2.05, 4.69) is 10.6 Å². The first-order valence-corrected chi connectivity index (χ1v) is 8.71. The Morgan fingerprint density at radius 3 is 2.60 bits per heavy atom. The lowest BCUT2D eigenvalue weighted by molar-refractivity contribution is -0.124. The van der Waals surface area contributed by atoms with Crippen molar-refractivity contribution in [1.29, 1.82) is 0 Å². The molecule has 0 aromatic heterocycles. The van der Waals surface area contributed by atoms with E-state index in [1.807, 2.05) is 6.92 Å². The molecule has 2 fully saturated rings. The van der Waals surface area contributed by atoms with Crippen molar-refractivity contribution in [2.24, 2.45) is 11.3 Å². The predicted molar refractivity (Wildman–Crippen MR) is 91.7 cm³/mol. The van der Waals surface area contributed by atoms with Gasteiger partial charge in [0.15, 0.2) is 0 Å². The van der Waals surface area contributed by atoms with Crippen molar-refractivity contribution in [3.05, 3.63) is 30.1 Å². The molecule has 6 nitrogen and oxygen atoms in total. The Hall–Kier alpha value is -2.15. The van der Waals surface area contributed by atoms with Crippen LogP contribution in [0, 0.1) is 17.2 Å². The maximum absolute atomic E-state index is 13.0. The van der Waals surface area contributed by atoms with Crippen molar-refractivity contribution in [2.75, 3.05) is 38.2 Å². The van der Waals surface area contributed by atoms with Crippen LogP contribution in [0.25, 0.3) is 0 Å². The van der Waals surface area contributed by atoms with Gasteiger partial charge in [-0.15, -0.1) is 0 Å². The van der Waals surface area contributed by atoms with Gasteiger partial charge < -0.3 is 20.3 Å². The molecular formula is C18H24FN3O3. The Kier molecular flexibility index (Phi) is 5.22. The topological polar surface area (TPSA) is 70.7 Å². The summed E-state index contributed by atoms with van der Waals surface area (Å²) in [7, 11) is 0. The predicted octanol–water partition coefficient (Wildman–Crippen LogP) is 2.22. The number of anilines is 1. The molecule has 3 rings (SSSR count). The number of nitrogens with zero attached hydrogens (tertiary/aromatic N) is 1. The quantitative estimate of drug-likeness (QED) is 0.879. The third-order valence-corrected chi connectivity index (χ3v) is 5.18. The van der Waals surface area contributed by atoms with E-state index in [1.54, 1.807) is 17.0 Å². The average Bonchev–Trinajstić information content (AvgIpc) is 2.97. The first kappa shape index (κ1) is 17.7. The second kappa shape index (κ2) is 7.39. The SMILES string of the molecule is CCNC(=O)N1CC(C(=O)Nc2ccc(F)cc2)C2(CCOCC2)C1. The van der Waals surface area contributed by atoms with E-state index in [0.29, 0.717) is 38.5 Å². The van der Waals surface area contributed by atoms with Gasteiger partial charge in [-0.05, 0) is 44.0 Å². The van der Waals surface area contributed by atoms with Crippen molar-refractivity contribution < 1.29 is 18.7 Å². The molecule has 2 aliphatic rings. The molecule has 0 aliphatic carbocycles. The van der Waals surface area contributed by atoms with E-state index < -0.39 is 0 Å². The molecule has 7 heteroatoms. The fraction of sp³-hybridized carbons (Fsp3) is 0.556. The Bertz CT molecular complexity index is 629. The summed E-state index contributed by atoms with van der Waals surface area (Å²) in [5, 5.41) is 5.68. The van der Waals surface area contributed by atoms with E-state index in [4.69, 9.17) is 4.74 Å². The Balaban J connectivity index is 1.76. The van der Waals surface area contributed by atoms with Crippen LogP contribution in [0.4, 0.5) is 14.9 Å². The molecule has 0 bridgehead atoms. The van der Waals surface area contributed by atoms with Crippen LogP contribution in [0.3, 0.4) is 0 Å². The minimum atomic E-state index is -0.345. The molecule has 2 heterocycles. The highest BCUT2D eigenvalue weighted by Crippen LogP contribution is 2.44. The number of carbonyl (C=O) groups is 2. The number of amides is 3. The number of hydrogen-bond donors (Lipinski definition) is 2. The van der Waals surface area contributed by atoms with Crippen molar-refractivity contribution in [1.82, 2.24) is 10.2 Å². The molecule has 0 radical (unpaired) electrons. The third-order valence-electron chi connectivity index (χ3n) is 5.18. The molecule has 0 saturated carbocycles. The van der Waals surface area contributed by atoms with Crippen molar-refractivity contribution in [3.8, 4) is 0 Å². The molecule has 1 atom stereocenters. The van der Waals surface area contributed by atoms with Crippen LogP contribution in [0.2, 0.25) is 0 Å². The fourth-order valence-corrected chi connectivity index (χ4v) is 3.79. The average molecular weight is 349 g/mol. The van der Waals surface area contributed by atoms with Crippen LogP contribution in [0.5, 0.6) is 0 Å². The summed E-state index contributed by atoms with van der Waals surface area (Å²) in [5.41, 5.74) is 0.304. The number of rotatable bonds is 3. The molecule has 1 spiro atoms. The van der Waals surface area contributed by atoms with Crippen molar-refractivity contribution in [3.63, 3.8) is 0 Å². The Labute approximate surface area is 146 Å². The Morgan fingerprint density at radius 2 is 1.96 bits per heavy atom. The summed E-state index contributed by atoms with van der Waals surface area (Å²) >= 11 is 0. The van der Waals surface area contributed by atoms with Crippen LogP contribution >= 0.6 is 0 Å². The monoisotopic (exact) mass is 349 g/mol. The van der Waals surface area contributed by atoms with Crippen molar-refractivity contribution >= 4 is 17.6 Å². The minimum absolute atomic E-state index is 0.125. The van der Waals surface area contributed by atoms with Crippen LogP contribution in [0.15, 0.2) is 24.3 Å². The number of ether oxygens (including phenoxy) is 1. The highest BCUT2D eigenvalue weighted by Gasteiger charge is 2.51.